The van der Waals surface area contributed by atoms with E-state index in [2.05, 4.69) is 0 Å². The van der Waals surface area contributed by atoms with Crippen LogP contribution in [0.5, 0.6) is 0 Å². The zero-order valence-corrected chi connectivity index (χ0v) is 12.1. The van der Waals surface area contributed by atoms with E-state index in [9.17, 15) is 0 Å². The topological polar surface area (TPSA) is 43.7 Å². The van der Waals surface area contributed by atoms with E-state index < -0.39 is 0 Å². The molecule has 6 heteroatoms. The number of alkyl halides is 1. The molecule has 0 spiro atoms. The van der Waals surface area contributed by atoms with Gasteiger partial charge in [-0.05, 0) is 17.7 Å². The number of hydrogen-bond donors (Lipinski definition) is 2. The molecule has 1 unspecified atom stereocenters. The van der Waals surface area contributed by atoms with E-state index in [1.165, 1.54) is 0 Å². The van der Waals surface area contributed by atoms with Crippen molar-refractivity contribution in [2.75, 3.05) is 32.8 Å². The molecule has 1 atom stereocenters. The van der Waals surface area contributed by atoms with Crippen molar-refractivity contribution in [1.82, 2.24) is 4.90 Å². The van der Waals surface area contributed by atoms with Crippen molar-refractivity contribution in [3.63, 3.8) is 0 Å². The highest BCUT2D eigenvalue weighted by Gasteiger charge is 2.14. The Labute approximate surface area is 122 Å². The van der Waals surface area contributed by atoms with Crippen molar-refractivity contribution in [2.24, 2.45) is 0 Å². The fourth-order valence-corrected chi connectivity index (χ4v) is 2.25. The van der Waals surface area contributed by atoms with Crippen LogP contribution in [0.1, 0.15) is 10.9 Å². The maximum atomic E-state index is 8.92. The molecular formula is C12H16Cl3NO2. The highest BCUT2D eigenvalue weighted by Crippen LogP contribution is 2.28. The molecule has 1 aromatic rings. The molecule has 2 N–H and O–H groups in total. The van der Waals surface area contributed by atoms with Crippen LogP contribution < -0.4 is 0 Å². The highest BCUT2D eigenvalue weighted by atomic mass is 35.5. The first-order valence-corrected chi connectivity index (χ1v) is 6.80. The standard InChI is InChI=1S/C12H16Cl3NO2/c13-10-2-1-9(7-11(10)14)12(15)8-16(3-5-17)4-6-18/h1-2,7,12,17-18H,3-6,8H2. The lowest BCUT2D eigenvalue weighted by molar-refractivity contribution is 0.161. The summed E-state index contributed by atoms with van der Waals surface area (Å²) in [4.78, 5) is 1.89. The first-order valence-electron chi connectivity index (χ1n) is 5.61. The molecule has 1 rings (SSSR count). The van der Waals surface area contributed by atoms with Gasteiger partial charge < -0.3 is 10.2 Å². The molecule has 0 aliphatic carbocycles. The second-order valence-corrected chi connectivity index (χ2v) is 5.23. The van der Waals surface area contributed by atoms with Crippen molar-refractivity contribution in [1.29, 1.82) is 0 Å². The zero-order chi connectivity index (χ0) is 13.5. The third kappa shape index (κ3) is 4.92. The third-order valence-corrected chi connectivity index (χ3v) is 3.69. The lowest BCUT2D eigenvalue weighted by Gasteiger charge is -2.23. The largest absolute Gasteiger partial charge is 0.395 e. The monoisotopic (exact) mass is 311 g/mol. The lowest BCUT2D eigenvalue weighted by Crippen LogP contribution is -2.32. The molecule has 0 radical (unpaired) electrons. The molecule has 0 aromatic heterocycles. The summed E-state index contributed by atoms with van der Waals surface area (Å²) >= 11 is 18.1. The average Bonchev–Trinajstić information content (AvgIpc) is 2.33. The summed E-state index contributed by atoms with van der Waals surface area (Å²) < 4.78 is 0. The van der Waals surface area contributed by atoms with E-state index in [4.69, 9.17) is 45.0 Å². The van der Waals surface area contributed by atoms with Crippen molar-refractivity contribution in [3.05, 3.63) is 33.8 Å². The van der Waals surface area contributed by atoms with Gasteiger partial charge in [-0.3, -0.25) is 4.90 Å². The fraction of sp³-hybridized carbons (Fsp3) is 0.500. The Kier molecular flexibility index (Phi) is 7.30. The van der Waals surface area contributed by atoms with Crippen LogP contribution in [-0.2, 0) is 0 Å². The van der Waals surface area contributed by atoms with E-state index in [0.717, 1.165) is 5.56 Å². The highest BCUT2D eigenvalue weighted by molar-refractivity contribution is 6.42. The molecule has 18 heavy (non-hydrogen) atoms. The summed E-state index contributed by atoms with van der Waals surface area (Å²) in [6.07, 6.45) is 0. The Balaban J connectivity index is 2.67. The Morgan fingerprint density at radius 1 is 1.06 bits per heavy atom. The number of aliphatic hydroxyl groups is 2. The SMILES string of the molecule is OCCN(CCO)CC(Cl)c1ccc(Cl)c(Cl)c1. The molecule has 0 amide bonds. The fourth-order valence-electron chi connectivity index (χ4n) is 1.62. The normalized spacial score (nSPS) is 13.0. The molecule has 0 fully saturated rings. The minimum Gasteiger partial charge on any atom is -0.395 e. The van der Waals surface area contributed by atoms with E-state index in [1.54, 1.807) is 12.1 Å². The lowest BCUT2D eigenvalue weighted by atomic mass is 10.1. The van der Waals surface area contributed by atoms with Crippen LogP contribution in [0.3, 0.4) is 0 Å². The average molecular weight is 313 g/mol. The van der Waals surface area contributed by atoms with Gasteiger partial charge in [-0.25, -0.2) is 0 Å². The van der Waals surface area contributed by atoms with Crippen molar-refractivity contribution in [3.8, 4) is 0 Å². The number of aliphatic hydroxyl groups excluding tert-OH is 2. The van der Waals surface area contributed by atoms with Gasteiger partial charge in [0.25, 0.3) is 0 Å². The molecule has 0 aliphatic heterocycles. The molecule has 0 heterocycles. The first kappa shape index (κ1) is 16.0. The van der Waals surface area contributed by atoms with E-state index in [1.807, 2.05) is 11.0 Å². The Morgan fingerprint density at radius 3 is 2.17 bits per heavy atom. The number of nitrogens with zero attached hydrogens (tertiary/aromatic N) is 1. The molecule has 0 bridgehead atoms. The molecule has 0 saturated heterocycles. The molecule has 102 valence electrons. The summed E-state index contributed by atoms with van der Waals surface area (Å²) in [6, 6.07) is 5.26. The van der Waals surface area contributed by atoms with Crippen LogP contribution in [0, 0.1) is 0 Å². The Morgan fingerprint density at radius 2 is 1.67 bits per heavy atom. The van der Waals surface area contributed by atoms with Crippen molar-refractivity contribution < 1.29 is 10.2 Å². The van der Waals surface area contributed by atoms with Gasteiger partial charge in [-0.1, -0.05) is 29.3 Å². The summed E-state index contributed by atoms with van der Waals surface area (Å²) in [5.74, 6) is 0. The van der Waals surface area contributed by atoms with Gasteiger partial charge in [-0.15, -0.1) is 11.6 Å². The Bertz CT molecular complexity index is 370. The minimum atomic E-state index is -0.266. The summed E-state index contributed by atoms with van der Waals surface area (Å²) in [5, 5.41) is 18.5. The number of hydrogen-bond acceptors (Lipinski definition) is 3. The van der Waals surface area contributed by atoms with Gasteiger partial charge in [0, 0.05) is 19.6 Å². The molecular weight excluding hydrogens is 296 g/mol. The van der Waals surface area contributed by atoms with Gasteiger partial charge >= 0.3 is 0 Å². The van der Waals surface area contributed by atoms with Gasteiger partial charge in [0.05, 0.1) is 28.6 Å². The van der Waals surface area contributed by atoms with Crippen LogP contribution in [0.15, 0.2) is 18.2 Å². The smallest absolute Gasteiger partial charge is 0.0712 e. The van der Waals surface area contributed by atoms with Crippen LogP contribution in [0.2, 0.25) is 10.0 Å². The van der Waals surface area contributed by atoms with E-state index in [0.29, 0.717) is 29.7 Å². The van der Waals surface area contributed by atoms with Gasteiger partial charge in [0.2, 0.25) is 0 Å². The summed E-state index contributed by atoms with van der Waals surface area (Å²) in [5.41, 5.74) is 0.868. The van der Waals surface area contributed by atoms with Crippen LogP contribution in [0.4, 0.5) is 0 Å². The van der Waals surface area contributed by atoms with Gasteiger partial charge in [0.15, 0.2) is 0 Å². The molecule has 0 aliphatic rings. The predicted molar refractivity (Wildman–Crippen MR) is 75.7 cm³/mol. The van der Waals surface area contributed by atoms with Gasteiger partial charge in [0.1, 0.15) is 0 Å². The first-order chi connectivity index (χ1) is 8.58. The molecule has 1 aromatic carbocycles. The second-order valence-electron chi connectivity index (χ2n) is 3.89. The zero-order valence-electron chi connectivity index (χ0n) is 9.82. The van der Waals surface area contributed by atoms with Crippen LogP contribution in [-0.4, -0.2) is 48.0 Å². The van der Waals surface area contributed by atoms with Gasteiger partial charge in [-0.2, -0.15) is 0 Å². The summed E-state index contributed by atoms with van der Waals surface area (Å²) in [6.45, 7) is 1.55. The number of rotatable bonds is 7. The second kappa shape index (κ2) is 8.20. The third-order valence-electron chi connectivity index (χ3n) is 2.56. The van der Waals surface area contributed by atoms with Crippen molar-refractivity contribution >= 4 is 34.8 Å². The number of benzene rings is 1. The quantitative estimate of drug-likeness (QED) is 0.761. The summed E-state index contributed by atoms with van der Waals surface area (Å²) in [7, 11) is 0. The maximum Gasteiger partial charge on any atom is 0.0712 e. The van der Waals surface area contributed by atoms with E-state index in [-0.39, 0.29) is 18.6 Å². The molecule has 3 nitrogen and oxygen atoms in total. The minimum absolute atomic E-state index is 0.0327. The van der Waals surface area contributed by atoms with E-state index >= 15 is 0 Å². The predicted octanol–water partition coefficient (Wildman–Crippen LogP) is 2.56. The van der Waals surface area contributed by atoms with Crippen LogP contribution in [0.25, 0.3) is 0 Å². The molecule has 0 saturated carbocycles. The van der Waals surface area contributed by atoms with Crippen molar-refractivity contribution in [2.45, 2.75) is 5.38 Å². The maximum absolute atomic E-state index is 8.92. The Hall–Kier alpha value is -0.0300. The van der Waals surface area contributed by atoms with Crippen LogP contribution >= 0.6 is 34.8 Å². The number of halogens is 3.